The van der Waals surface area contributed by atoms with Gasteiger partial charge in [0.25, 0.3) is 11.8 Å². The second kappa shape index (κ2) is 10.9. The SMILES string of the molecule is Cc1ccc2c(N=CCO)c(OC3NC(Oc4nn5c(C)c(C)ccc5c4N=CCO)C(N)=CC3=N)nn2c1C. The summed E-state index contributed by atoms with van der Waals surface area (Å²) >= 11 is 0. The van der Waals surface area contributed by atoms with Gasteiger partial charge in [-0.15, -0.1) is 10.2 Å². The highest BCUT2D eigenvalue weighted by atomic mass is 16.5. The average molecular weight is 546 g/mol. The number of pyridine rings is 2. The van der Waals surface area contributed by atoms with E-state index in [2.05, 4.69) is 25.5 Å². The first-order valence-electron chi connectivity index (χ1n) is 12.6. The molecule has 1 aliphatic heterocycles. The summed E-state index contributed by atoms with van der Waals surface area (Å²) in [7, 11) is 0. The third kappa shape index (κ3) is 4.81. The van der Waals surface area contributed by atoms with Crippen molar-refractivity contribution >= 4 is 40.5 Å². The Morgan fingerprint density at radius 2 is 1.35 bits per heavy atom. The van der Waals surface area contributed by atoms with E-state index < -0.39 is 12.5 Å². The topological polar surface area (TPSA) is 180 Å². The largest absolute Gasteiger partial charge is 0.450 e. The third-order valence-electron chi connectivity index (χ3n) is 6.76. The van der Waals surface area contributed by atoms with Crippen LogP contribution in [0, 0.1) is 33.1 Å². The van der Waals surface area contributed by atoms with Gasteiger partial charge in [-0.3, -0.25) is 15.4 Å². The molecule has 4 aromatic heterocycles. The van der Waals surface area contributed by atoms with Gasteiger partial charge < -0.3 is 25.4 Å². The second-order valence-electron chi connectivity index (χ2n) is 9.36. The van der Waals surface area contributed by atoms with Crippen molar-refractivity contribution in [3.8, 4) is 11.8 Å². The van der Waals surface area contributed by atoms with Gasteiger partial charge in [-0.1, -0.05) is 12.1 Å². The van der Waals surface area contributed by atoms with Crippen LogP contribution in [-0.2, 0) is 0 Å². The highest BCUT2D eigenvalue weighted by Gasteiger charge is 2.32. The van der Waals surface area contributed by atoms with Crippen molar-refractivity contribution in [2.75, 3.05) is 13.2 Å². The van der Waals surface area contributed by atoms with E-state index in [1.807, 2.05) is 52.0 Å². The molecule has 6 N–H and O–H groups in total. The fourth-order valence-electron chi connectivity index (χ4n) is 4.34. The number of nitrogens with one attached hydrogen (secondary N) is 2. The number of aliphatic hydroxyl groups is 2. The first kappa shape index (κ1) is 27.0. The number of nitrogens with two attached hydrogens (primary N) is 1. The lowest BCUT2D eigenvalue weighted by atomic mass is 10.2. The van der Waals surface area contributed by atoms with Crippen molar-refractivity contribution in [3.63, 3.8) is 0 Å². The van der Waals surface area contributed by atoms with Gasteiger partial charge in [0.1, 0.15) is 0 Å². The summed E-state index contributed by atoms with van der Waals surface area (Å²) in [4.78, 5) is 8.72. The van der Waals surface area contributed by atoms with E-state index in [1.165, 1.54) is 18.5 Å². The number of aliphatic imine (C=N–C) groups is 2. The van der Waals surface area contributed by atoms with Gasteiger partial charge in [-0.25, -0.2) is 14.3 Å². The predicted octanol–water partition coefficient (Wildman–Crippen LogP) is 2.18. The molecule has 1 aliphatic rings. The number of aromatic nitrogens is 4. The molecule has 13 heteroatoms. The van der Waals surface area contributed by atoms with E-state index in [-0.39, 0.29) is 36.4 Å². The fourth-order valence-corrected chi connectivity index (χ4v) is 4.34. The Morgan fingerprint density at radius 1 is 0.875 bits per heavy atom. The Balaban J connectivity index is 1.49. The monoisotopic (exact) mass is 545 g/mol. The molecule has 0 radical (unpaired) electrons. The highest BCUT2D eigenvalue weighted by molar-refractivity contribution is 5.97. The maximum Gasteiger partial charge on any atom is 0.262 e. The van der Waals surface area contributed by atoms with Gasteiger partial charge >= 0.3 is 0 Å². The summed E-state index contributed by atoms with van der Waals surface area (Å²) < 4.78 is 15.8. The van der Waals surface area contributed by atoms with Gasteiger partial charge in [0, 0.05) is 23.8 Å². The lowest BCUT2D eigenvalue weighted by molar-refractivity contribution is 0.114. The number of fused-ring (bicyclic) bond motifs is 2. The van der Waals surface area contributed by atoms with Crippen LogP contribution in [0.5, 0.6) is 11.8 Å². The minimum Gasteiger partial charge on any atom is -0.450 e. The Bertz CT molecular complexity index is 1700. The second-order valence-corrected chi connectivity index (χ2v) is 9.36. The van der Waals surface area contributed by atoms with Crippen molar-refractivity contribution in [1.82, 2.24) is 24.5 Å². The van der Waals surface area contributed by atoms with Crippen LogP contribution in [0.1, 0.15) is 22.5 Å². The highest BCUT2D eigenvalue weighted by Crippen LogP contribution is 2.36. The number of aliphatic hydroxyl groups excluding tert-OH is 2. The number of rotatable bonds is 8. The molecule has 208 valence electrons. The predicted molar refractivity (Wildman–Crippen MR) is 152 cm³/mol. The van der Waals surface area contributed by atoms with E-state index in [0.29, 0.717) is 22.4 Å². The van der Waals surface area contributed by atoms with Crippen LogP contribution in [0.2, 0.25) is 0 Å². The molecule has 5 rings (SSSR count). The van der Waals surface area contributed by atoms with Gasteiger partial charge in [-0.2, -0.15) is 0 Å². The van der Waals surface area contributed by atoms with E-state index in [0.717, 1.165) is 22.5 Å². The molecule has 0 aliphatic carbocycles. The van der Waals surface area contributed by atoms with E-state index >= 15 is 0 Å². The standard InChI is InChI=1S/C27H31N9O4/c1-14-5-7-20-22(30-9-11-37)26(33-35(20)16(14)3)39-24-18(28)13-19(29)25(32-24)40-27-23(31-10-12-38)21-8-6-15(2)17(4)36(21)34-27/h5-10,13,24-25,28,32,37-38H,11-12,29H2,1-4H3. The number of ether oxygens (including phenoxy) is 2. The lowest BCUT2D eigenvalue weighted by Gasteiger charge is -2.29. The molecule has 13 nitrogen and oxygen atoms in total. The summed E-state index contributed by atoms with van der Waals surface area (Å²) in [6.45, 7) is 7.31. The van der Waals surface area contributed by atoms with Crippen molar-refractivity contribution in [1.29, 1.82) is 5.41 Å². The molecule has 0 spiro atoms. The zero-order chi connectivity index (χ0) is 28.6. The number of nitrogens with zero attached hydrogens (tertiary/aromatic N) is 6. The maximum absolute atomic E-state index is 9.33. The third-order valence-corrected chi connectivity index (χ3v) is 6.76. The molecular weight excluding hydrogens is 514 g/mol. The van der Waals surface area contributed by atoms with E-state index in [1.54, 1.807) is 9.03 Å². The van der Waals surface area contributed by atoms with Gasteiger partial charge in [0.05, 0.1) is 35.7 Å². The zero-order valence-corrected chi connectivity index (χ0v) is 22.6. The summed E-state index contributed by atoms with van der Waals surface area (Å²) in [5, 5.41) is 39.4. The average Bonchev–Trinajstić information content (AvgIpc) is 3.46. The van der Waals surface area contributed by atoms with E-state index in [4.69, 9.17) is 20.6 Å². The molecule has 0 fully saturated rings. The van der Waals surface area contributed by atoms with Crippen LogP contribution in [-0.4, -0.2) is 73.3 Å². The van der Waals surface area contributed by atoms with Crippen LogP contribution < -0.4 is 20.5 Å². The number of aryl methyl sites for hydroxylation is 4. The van der Waals surface area contributed by atoms with Crippen LogP contribution in [0.4, 0.5) is 11.4 Å². The van der Waals surface area contributed by atoms with Gasteiger partial charge in [-0.05, 0) is 57.0 Å². The Kier molecular flexibility index (Phi) is 7.34. The summed E-state index contributed by atoms with van der Waals surface area (Å²) in [5.74, 6) is 0.354. The molecule has 0 bridgehead atoms. The summed E-state index contributed by atoms with van der Waals surface area (Å²) in [5.41, 5.74) is 12.7. The van der Waals surface area contributed by atoms with Crippen LogP contribution in [0.3, 0.4) is 0 Å². The van der Waals surface area contributed by atoms with Crippen LogP contribution in [0.25, 0.3) is 11.0 Å². The molecule has 0 saturated heterocycles. The molecule has 0 saturated carbocycles. The molecule has 4 aromatic rings. The van der Waals surface area contributed by atoms with Crippen molar-refractivity contribution in [2.24, 2.45) is 15.7 Å². The van der Waals surface area contributed by atoms with Gasteiger partial charge in [0.2, 0.25) is 0 Å². The number of hydrogen-bond donors (Lipinski definition) is 5. The minimum absolute atomic E-state index is 0.0550. The smallest absolute Gasteiger partial charge is 0.262 e. The molecular formula is C27H31N9O4. The minimum atomic E-state index is -0.989. The van der Waals surface area contributed by atoms with Crippen molar-refractivity contribution in [2.45, 2.75) is 40.2 Å². The quantitative estimate of drug-likeness (QED) is 0.209. The number of hydrogen-bond acceptors (Lipinski definition) is 11. The first-order chi connectivity index (χ1) is 19.2. The van der Waals surface area contributed by atoms with Crippen LogP contribution in [0.15, 0.2) is 46.0 Å². The molecule has 0 amide bonds. The molecule has 5 heterocycles. The van der Waals surface area contributed by atoms with Crippen LogP contribution >= 0.6 is 0 Å². The zero-order valence-electron chi connectivity index (χ0n) is 22.6. The summed E-state index contributed by atoms with van der Waals surface area (Å²) in [6.07, 6.45) is 2.26. The van der Waals surface area contributed by atoms with Gasteiger partial charge in [0.15, 0.2) is 23.8 Å². The van der Waals surface area contributed by atoms with Crippen molar-refractivity contribution < 1.29 is 19.7 Å². The maximum atomic E-state index is 9.33. The normalized spacial score (nSPS) is 17.9. The Morgan fingerprint density at radius 3 is 1.82 bits per heavy atom. The molecule has 2 unspecified atom stereocenters. The Labute approximate surface area is 229 Å². The van der Waals surface area contributed by atoms with E-state index in [9.17, 15) is 10.2 Å². The lowest BCUT2D eigenvalue weighted by Crippen LogP contribution is -2.54. The molecule has 40 heavy (non-hydrogen) atoms. The summed E-state index contributed by atoms with van der Waals surface area (Å²) in [6, 6.07) is 7.67. The fraction of sp³-hybridized carbons (Fsp3) is 0.296. The first-order valence-corrected chi connectivity index (χ1v) is 12.6. The molecule has 2 atom stereocenters. The molecule has 0 aromatic carbocycles. The van der Waals surface area contributed by atoms with Crippen molar-refractivity contribution in [3.05, 3.63) is 58.6 Å². The Hall–Kier alpha value is -4.59.